The van der Waals surface area contributed by atoms with Gasteiger partial charge in [0.1, 0.15) is 11.6 Å². The van der Waals surface area contributed by atoms with E-state index in [2.05, 4.69) is 5.10 Å². The van der Waals surface area contributed by atoms with Crippen LogP contribution < -0.4 is 0 Å². The average Bonchev–Trinajstić information content (AvgIpc) is 2.97. The second-order valence-corrected chi connectivity index (χ2v) is 7.75. The van der Waals surface area contributed by atoms with Crippen LogP contribution in [-0.4, -0.2) is 34.1 Å². The molecule has 0 N–H and O–H groups in total. The Morgan fingerprint density at radius 2 is 2.12 bits per heavy atom. The molecule has 0 aliphatic carbocycles. The van der Waals surface area contributed by atoms with Gasteiger partial charge in [-0.25, -0.2) is 0 Å². The summed E-state index contributed by atoms with van der Waals surface area (Å²) in [5.41, 5.74) is 0.366. The Bertz CT molecular complexity index is 589. The van der Waals surface area contributed by atoms with Gasteiger partial charge in [-0.1, -0.05) is 27.7 Å². The van der Waals surface area contributed by atoms with Crippen molar-refractivity contribution in [2.24, 2.45) is 17.3 Å². The summed E-state index contributed by atoms with van der Waals surface area (Å²) in [6.45, 7) is 10.8. The number of hydrogen-bond donors (Lipinski definition) is 0. The highest BCUT2D eigenvalue weighted by molar-refractivity contribution is 5.85. The van der Waals surface area contributed by atoms with E-state index < -0.39 is 5.41 Å². The standard InChI is InChI=1S/C19H30N2O3/c1-13(2)18(23)15-8-11-24-17(12-15)19(4,5)16(22)7-10-21-9-6-14(3)20-21/h6,9,13,15,17H,7-8,10-12H2,1-5H3. The van der Waals surface area contributed by atoms with Crippen molar-refractivity contribution in [3.8, 4) is 0 Å². The summed E-state index contributed by atoms with van der Waals surface area (Å²) in [7, 11) is 0. The first-order chi connectivity index (χ1) is 11.2. The Balaban J connectivity index is 1.97. The molecule has 2 heterocycles. The molecule has 5 nitrogen and oxygen atoms in total. The van der Waals surface area contributed by atoms with Crippen LogP contribution in [0.25, 0.3) is 0 Å². The lowest BCUT2D eigenvalue weighted by atomic mass is 9.74. The smallest absolute Gasteiger partial charge is 0.142 e. The normalized spacial score (nSPS) is 21.9. The minimum Gasteiger partial charge on any atom is -0.377 e. The van der Waals surface area contributed by atoms with Gasteiger partial charge < -0.3 is 4.74 Å². The van der Waals surface area contributed by atoms with E-state index in [-0.39, 0.29) is 23.7 Å². The number of rotatable bonds is 7. The second kappa shape index (κ2) is 7.60. The molecule has 1 aromatic rings. The van der Waals surface area contributed by atoms with Gasteiger partial charge in [0.15, 0.2) is 0 Å². The quantitative estimate of drug-likeness (QED) is 0.768. The second-order valence-electron chi connectivity index (χ2n) is 7.75. The summed E-state index contributed by atoms with van der Waals surface area (Å²) in [4.78, 5) is 25.0. The van der Waals surface area contributed by atoms with Gasteiger partial charge >= 0.3 is 0 Å². The minimum absolute atomic E-state index is 0.0181. The van der Waals surface area contributed by atoms with E-state index in [0.29, 0.717) is 31.8 Å². The van der Waals surface area contributed by atoms with Crippen molar-refractivity contribution in [1.29, 1.82) is 0 Å². The van der Waals surface area contributed by atoms with Crippen LogP contribution in [0.5, 0.6) is 0 Å². The van der Waals surface area contributed by atoms with Crippen molar-refractivity contribution in [3.05, 3.63) is 18.0 Å². The summed E-state index contributed by atoms with van der Waals surface area (Å²) in [5, 5.41) is 4.32. The highest BCUT2D eigenvalue weighted by atomic mass is 16.5. The van der Waals surface area contributed by atoms with Gasteiger partial charge in [0.25, 0.3) is 0 Å². The number of aryl methyl sites for hydroxylation is 2. The maximum absolute atomic E-state index is 12.7. The maximum atomic E-state index is 12.7. The van der Waals surface area contributed by atoms with Gasteiger partial charge in [0.2, 0.25) is 0 Å². The van der Waals surface area contributed by atoms with Crippen molar-refractivity contribution in [3.63, 3.8) is 0 Å². The van der Waals surface area contributed by atoms with Gasteiger partial charge in [0.05, 0.1) is 11.8 Å². The first kappa shape index (κ1) is 18.8. The predicted molar refractivity (Wildman–Crippen MR) is 92.7 cm³/mol. The third-order valence-corrected chi connectivity index (χ3v) is 5.12. The van der Waals surface area contributed by atoms with E-state index in [0.717, 1.165) is 12.1 Å². The zero-order valence-corrected chi connectivity index (χ0v) is 15.5. The third kappa shape index (κ3) is 4.32. The molecule has 24 heavy (non-hydrogen) atoms. The Morgan fingerprint density at radius 1 is 1.42 bits per heavy atom. The molecular weight excluding hydrogens is 304 g/mol. The zero-order chi connectivity index (χ0) is 17.9. The molecule has 0 amide bonds. The number of carbonyl (C=O) groups excluding carboxylic acids is 2. The van der Waals surface area contributed by atoms with Crippen LogP contribution in [0.2, 0.25) is 0 Å². The molecule has 0 saturated carbocycles. The molecule has 1 saturated heterocycles. The Morgan fingerprint density at radius 3 is 2.71 bits per heavy atom. The summed E-state index contributed by atoms with van der Waals surface area (Å²) in [6.07, 6.45) is 3.55. The zero-order valence-electron chi connectivity index (χ0n) is 15.5. The van der Waals surface area contributed by atoms with Crippen LogP contribution in [0.15, 0.2) is 12.3 Å². The first-order valence-electron chi connectivity index (χ1n) is 8.90. The molecule has 0 radical (unpaired) electrons. The molecule has 0 spiro atoms. The summed E-state index contributed by atoms with van der Waals surface area (Å²) in [6, 6.07) is 1.93. The average molecular weight is 334 g/mol. The van der Waals surface area contributed by atoms with Crippen molar-refractivity contribution in [2.75, 3.05) is 6.61 Å². The van der Waals surface area contributed by atoms with Crippen molar-refractivity contribution in [2.45, 2.75) is 66.5 Å². The van der Waals surface area contributed by atoms with Crippen LogP contribution in [-0.2, 0) is 20.9 Å². The molecule has 2 atom stereocenters. The fourth-order valence-electron chi connectivity index (χ4n) is 3.34. The van der Waals surface area contributed by atoms with Crippen molar-refractivity contribution < 1.29 is 14.3 Å². The number of ether oxygens (including phenoxy) is 1. The van der Waals surface area contributed by atoms with Gasteiger partial charge in [-0.15, -0.1) is 0 Å². The summed E-state index contributed by atoms with van der Waals surface area (Å²) < 4.78 is 7.69. The number of hydrogen-bond acceptors (Lipinski definition) is 4. The highest BCUT2D eigenvalue weighted by Gasteiger charge is 2.41. The van der Waals surface area contributed by atoms with E-state index in [1.54, 1.807) is 4.68 Å². The summed E-state index contributed by atoms with van der Waals surface area (Å²) in [5.74, 6) is 0.511. The van der Waals surface area contributed by atoms with Crippen LogP contribution in [0.4, 0.5) is 0 Å². The minimum atomic E-state index is -0.585. The van der Waals surface area contributed by atoms with E-state index in [9.17, 15) is 9.59 Å². The van der Waals surface area contributed by atoms with Crippen molar-refractivity contribution in [1.82, 2.24) is 9.78 Å². The number of Topliss-reactive ketones (excluding diaryl/α,β-unsaturated/α-hetero) is 2. The predicted octanol–water partition coefficient (Wildman–Crippen LogP) is 3.20. The maximum Gasteiger partial charge on any atom is 0.142 e. The Kier molecular flexibility index (Phi) is 5.97. The van der Waals surface area contributed by atoms with Crippen LogP contribution in [0.3, 0.4) is 0 Å². The molecule has 2 rings (SSSR count). The highest BCUT2D eigenvalue weighted by Crippen LogP contribution is 2.35. The molecule has 1 fully saturated rings. The Labute approximate surface area is 144 Å². The van der Waals surface area contributed by atoms with Crippen LogP contribution in [0, 0.1) is 24.2 Å². The van der Waals surface area contributed by atoms with Crippen molar-refractivity contribution >= 4 is 11.6 Å². The van der Waals surface area contributed by atoms with Gasteiger partial charge in [-0.05, 0) is 25.8 Å². The molecule has 1 aromatic heterocycles. The molecule has 0 bridgehead atoms. The van der Waals surface area contributed by atoms with E-state index in [4.69, 9.17) is 4.74 Å². The molecule has 2 unspecified atom stereocenters. The molecule has 0 aromatic carbocycles. The lowest BCUT2D eigenvalue weighted by molar-refractivity contribution is -0.147. The van der Waals surface area contributed by atoms with Gasteiger partial charge in [0, 0.05) is 43.0 Å². The largest absolute Gasteiger partial charge is 0.377 e. The SMILES string of the molecule is Cc1ccn(CCC(=O)C(C)(C)C2CC(C(=O)C(C)C)CCO2)n1. The molecular formula is C19H30N2O3. The third-order valence-electron chi connectivity index (χ3n) is 5.12. The first-order valence-corrected chi connectivity index (χ1v) is 8.90. The molecule has 1 aliphatic heterocycles. The lowest BCUT2D eigenvalue weighted by Gasteiger charge is -2.38. The fraction of sp³-hybridized carbons (Fsp3) is 0.737. The molecule has 1 aliphatic rings. The van der Waals surface area contributed by atoms with E-state index >= 15 is 0 Å². The number of nitrogens with zero attached hydrogens (tertiary/aromatic N) is 2. The van der Waals surface area contributed by atoms with E-state index in [1.807, 2.05) is 46.9 Å². The number of aromatic nitrogens is 2. The van der Waals surface area contributed by atoms with Crippen LogP contribution in [0.1, 0.15) is 52.7 Å². The lowest BCUT2D eigenvalue weighted by Crippen LogP contribution is -2.45. The molecule has 134 valence electrons. The van der Waals surface area contributed by atoms with Gasteiger partial charge in [-0.3, -0.25) is 14.3 Å². The topological polar surface area (TPSA) is 61.2 Å². The van der Waals surface area contributed by atoms with E-state index in [1.165, 1.54) is 0 Å². The molecule has 5 heteroatoms. The fourth-order valence-corrected chi connectivity index (χ4v) is 3.34. The monoisotopic (exact) mass is 334 g/mol. The summed E-state index contributed by atoms with van der Waals surface area (Å²) >= 11 is 0. The Hall–Kier alpha value is -1.49. The van der Waals surface area contributed by atoms with Gasteiger partial charge in [-0.2, -0.15) is 5.10 Å². The van der Waals surface area contributed by atoms with Crippen LogP contribution >= 0.6 is 0 Å². The number of carbonyl (C=O) groups is 2. The number of ketones is 2.